The first-order valence-electron chi connectivity index (χ1n) is 8.50. The Balaban J connectivity index is 1.77. The normalized spacial score (nSPS) is 10.7. The molecular weight excluding hydrogens is 420 g/mol. The van der Waals surface area contributed by atoms with Gasteiger partial charge in [0.15, 0.2) is 0 Å². The van der Waals surface area contributed by atoms with E-state index in [-0.39, 0.29) is 5.91 Å². The second-order valence-electron chi connectivity index (χ2n) is 6.25. The molecule has 0 bridgehead atoms. The van der Waals surface area contributed by atoms with E-state index in [0.29, 0.717) is 4.88 Å². The van der Waals surface area contributed by atoms with Crippen LogP contribution in [0.3, 0.4) is 0 Å². The van der Waals surface area contributed by atoms with E-state index in [1.165, 1.54) is 16.9 Å². The average Bonchev–Trinajstić information content (AvgIpc) is 3.32. The highest BCUT2D eigenvalue weighted by Crippen LogP contribution is 2.35. The summed E-state index contributed by atoms with van der Waals surface area (Å²) in [4.78, 5) is 13.7. The molecule has 2 aromatic carbocycles. The van der Waals surface area contributed by atoms with Gasteiger partial charge in [0.25, 0.3) is 5.91 Å². The summed E-state index contributed by atoms with van der Waals surface area (Å²) in [7, 11) is 0. The summed E-state index contributed by atoms with van der Waals surface area (Å²) in [6, 6.07) is 19.9. The lowest BCUT2D eigenvalue weighted by Gasteiger charge is -2.11. The molecule has 0 aliphatic heterocycles. The Bertz CT molecular complexity index is 1080. The van der Waals surface area contributed by atoms with Gasteiger partial charge >= 0.3 is 0 Å². The molecule has 0 atom stereocenters. The fraction of sp³-hybridized carbons (Fsp3) is 0.0455. The molecular formula is C22H17BrN2OS. The molecule has 0 unspecified atom stereocenters. The minimum Gasteiger partial charge on any atom is -0.322 e. The van der Waals surface area contributed by atoms with E-state index in [2.05, 4.69) is 51.7 Å². The first kappa shape index (κ1) is 17.8. The molecule has 3 nitrogen and oxygen atoms in total. The van der Waals surface area contributed by atoms with Crippen molar-refractivity contribution in [3.8, 4) is 16.8 Å². The lowest BCUT2D eigenvalue weighted by molar-refractivity contribution is 0.103. The van der Waals surface area contributed by atoms with Crippen molar-refractivity contribution < 1.29 is 4.79 Å². The molecule has 4 rings (SSSR count). The van der Waals surface area contributed by atoms with Crippen LogP contribution in [0.15, 0.2) is 82.9 Å². The van der Waals surface area contributed by atoms with Gasteiger partial charge in [-0.3, -0.25) is 4.79 Å². The number of nitrogens with zero attached hydrogens (tertiary/aromatic N) is 1. The van der Waals surface area contributed by atoms with E-state index in [1.807, 2.05) is 59.4 Å². The fourth-order valence-corrected chi connectivity index (χ4v) is 4.22. The van der Waals surface area contributed by atoms with Crippen LogP contribution in [0.5, 0.6) is 0 Å². The molecule has 1 N–H and O–H groups in total. The third-order valence-corrected chi connectivity index (χ3v) is 5.76. The smallest absolute Gasteiger partial charge is 0.267 e. The quantitative estimate of drug-likeness (QED) is 0.387. The van der Waals surface area contributed by atoms with E-state index < -0.39 is 0 Å². The summed E-state index contributed by atoms with van der Waals surface area (Å²) in [5.41, 5.74) is 5.04. The van der Waals surface area contributed by atoms with Crippen LogP contribution >= 0.6 is 27.3 Å². The van der Waals surface area contributed by atoms with Crippen molar-refractivity contribution in [2.75, 3.05) is 5.32 Å². The predicted molar refractivity (Wildman–Crippen MR) is 116 cm³/mol. The van der Waals surface area contributed by atoms with Crippen molar-refractivity contribution in [3.05, 3.63) is 93.4 Å². The van der Waals surface area contributed by atoms with Crippen molar-refractivity contribution in [1.82, 2.24) is 4.57 Å². The summed E-state index contributed by atoms with van der Waals surface area (Å²) in [6.07, 6.45) is 3.94. The van der Waals surface area contributed by atoms with Gasteiger partial charge in [0.1, 0.15) is 4.88 Å². The van der Waals surface area contributed by atoms with Gasteiger partial charge in [-0.25, -0.2) is 0 Å². The number of amides is 1. The van der Waals surface area contributed by atoms with E-state index in [9.17, 15) is 4.79 Å². The van der Waals surface area contributed by atoms with Gasteiger partial charge in [-0.15, -0.1) is 11.3 Å². The van der Waals surface area contributed by atoms with Crippen molar-refractivity contribution >= 4 is 38.9 Å². The molecule has 2 aromatic heterocycles. The molecule has 134 valence electrons. The molecule has 4 aromatic rings. The maximum Gasteiger partial charge on any atom is 0.267 e. The van der Waals surface area contributed by atoms with Gasteiger partial charge < -0.3 is 9.88 Å². The molecule has 0 spiro atoms. The summed E-state index contributed by atoms with van der Waals surface area (Å²) in [5, 5.41) is 5.06. The molecule has 2 heterocycles. The van der Waals surface area contributed by atoms with Gasteiger partial charge in [0.2, 0.25) is 0 Å². The highest BCUT2D eigenvalue weighted by Gasteiger charge is 2.20. The molecule has 1 amide bonds. The number of carbonyl (C=O) groups is 1. The van der Waals surface area contributed by atoms with Crippen LogP contribution in [0.4, 0.5) is 5.69 Å². The summed E-state index contributed by atoms with van der Waals surface area (Å²) < 4.78 is 2.98. The Kier molecular flexibility index (Phi) is 4.97. The van der Waals surface area contributed by atoms with Crippen LogP contribution in [-0.4, -0.2) is 10.5 Å². The van der Waals surface area contributed by atoms with Crippen LogP contribution in [-0.2, 0) is 0 Å². The van der Waals surface area contributed by atoms with E-state index in [1.54, 1.807) is 0 Å². The lowest BCUT2D eigenvalue weighted by atomic mass is 10.0. The zero-order valence-corrected chi connectivity index (χ0v) is 17.0. The van der Waals surface area contributed by atoms with Crippen LogP contribution in [0.2, 0.25) is 0 Å². The summed E-state index contributed by atoms with van der Waals surface area (Å²) in [5.74, 6) is -0.107. The number of hydrogen-bond acceptors (Lipinski definition) is 2. The van der Waals surface area contributed by atoms with Crippen LogP contribution in [0.25, 0.3) is 16.8 Å². The van der Waals surface area contributed by atoms with Crippen LogP contribution in [0.1, 0.15) is 15.2 Å². The van der Waals surface area contributed by atoms with Gasteiger partial charge in [0.05, 0.1) is 5.69 Å². The van der Waals surface area contributed by atoms with Crippen molar-refractivity contribution in [1.29, 1.82) is 0 Å². The zero-order chi connectivity index (χ0) is 18.8. The van der Waals surface area contributed by atoms with E-state index in [0.717, 1.165) is 27.0 Å². The third-order valence-electron chi connectivity index (χ3n) is 4.26. The van der Waals surface area contributed by atoms with E-state index >= 15 is 0 Å². The number of hydrogen-bond donors (Lipinski definition) is 1. The topological polar surface area (TPSA) is 34.0 Å². The Morgan fingerprint density at radius 2 is 1.78 bits per heavy atom. The van der Waals surface area contributed by atoms with Crippen molar-refractivity contribution in [2.45, 2.75) is 6.92 Å². The number of carbonyl (C=O) groups excluding carboxylic acids is 1. The number of anilines is 1. The Morgan fingerprint density at radius 3 is 2.48 bits per heavy atom. The number of benzene rings is 2. The van der Waals surface area contributed by atoms with Crippen LogP contribution < -0.4 is 5.32 Å². The van der Waals surface area contributed by atoms with Crippen molar-refractivity contribution in [2.24, 2.45) is 0 Å². The monoisotopic (exact) mass is 436 g/mol. The molecule has 0 fully saturated rings. The molecule has 0 aliphatic rings. The molecule has 0 saturated heterocycles. The minimum atomic E-state index is -0.107. The number of thiophene rings is 1. The second-order valence-corrected chi connectivity index (χ2v) is 8.04. The maximum absolute atomic E-state index is 13.0. The van der Waals surface area contributed by atoms with Crippen LogP contribution in [0, 0.1) is 6.92 Å². The lowest BCUT2D eigenvalue weighted by Crippen LogP contribution is -2.12. The fourth-order valence-electron chi connectivity index (χ4n) is 2.99. The Hall–Kier alpha value is -2.63. The molecule has 0 radical (unpaired) electrons. The number of aromatic nitrogens is 1. The Labute approximate surface area is 170 Å². The highest BCUT2D eigenvalue weighted by molar-refractivity contribution is 9.10. The van der Waals surface area contributed by atoms with Gasteiger partial charge in [0, 0.05) is 33.5 Å². The molecule has 5 heteroatoms. The first-order valence-corrected chi connectivity index (χ1v) is 10.2. The highest BCUT2D eigenvalue weighted by atomic mass is 79.9. The van der Waals surface area contributed by atoms with E-state index in [4.69, 9.17) is 0 Å². The maximum atomic E-state index is 13.0. The number of halogens is 1. The third kappa shape index (κ3) is 3.75. The Morgan fingerprint density at radius 1 is 1.04 bits per heavy atom. The molecule has 27 heavy (non-hydrogen) atoms. The standard InChI is InChI=1S/C22H17BrN2OS/c1-15-5-4-6-16(13-15)19-14-27-21(20(19)25-11-2-3-12-25)22(26)24-18-9-7-17(23)8-10-18/h2-14H,1H3,(H,24,26). The van der Waals surface area contributed by atoms with Gasteiger partial charge in [-0.1, -0.05) is 45.8 Å². The number of nitrogens with one attached hydrogen (secondary N) is 1. The first-order chi connectivity index (χ1) is 13.1. The minimum absolute atomic E-state index is 0.107. The zero-order valence-electron chi connectivity index (χ0n) is 14.6. The summed E-state index contributed by atoms with van der Waals surface area (Å²) >= 11 is 4.88. The largest absolute Gasteiger partial charge is 0.322 e. The SMILES string of the molecule is Cc1cccc(-c2csc(C(=O)Nc3ccc(Br)cc3)c2-n2cccc2)c1. The second kappa shape index (κ2) is 7.55. The molecule has 0 aliphatic carbocycles. The van der Waals surface area contributed by atoms with Crippen molar-refractivity contribution in [3.63, 3.8) is 0 Å². The number of aryl methyl sites for hydroxylation is 1. The predicted octanol–water partition coefficient (Wildman–Crippen LogP) is 6.53. The van der Waals surface area contributed by atoms with Gasteiger partial charge in [-0.2, -0.15) is 0 Å². The molecule has 0 saturated carbocycles. The summed E-state index contributed by atoms with van der Waals surface area (Å²) in [6.45, 7) is 2.08. The van der Waals surface area contributed by atoms with Gasteiger partial charge in [-0.05, 0) is 48.9 Å². The average molecular weight is 437 g/mol. The number of rotatable bonds is 4.